The van der Waals surface area contributed by atoms with Crippen molar-refractivity contribution >= 4 is 33.0 Å². The van der Waals surface area contributed by atoms with Crippen molar-refractivity contribution in [2.75, 3.05) is 5.32 Å². The maximum Gasteiger partial charge on any atom is 0.284 e. The molecule has 0 fully saturated rings. The zero-order chi connectivity index (χ0) is 14.5. The Bertz CT molecular complexity index is 701. The van der Waals surface area contributed by atoms with Gasteiger partial charge < -0.3 is 5.32 Å². The molecule has 0 spiro atoms. The first kappa shape index (κ1) is 14.8. The molecule has 0 atom stereocenters. The van der Waals surface area contributed by atoms with E-state index in [1.165, 1.54) is 9.56 Å². The minimum Gasteiger partial charge on any atom is -0.376 e. The van der Waals surface area contributed by atoms with Gasteiger partial charge in [-0.3, -0.25) is 4.79 Å². The van der Waals surface area contributed by atoms with Gasteiger partial charge >= 0.3 is 0 Å². The van der Waals surface area contributed by atoms with Crippen LogP contribution in [0, 0.1) is 12.3 Å². The van der Waals surface area contributed by atoms with Gasteiger partial charge in [0.2, 0.25) is 0 Å². The number of nitrogens with one attached hydrogen (secondary N) is 1. The zero-order valence-electron chi connectivity index (χ0n) is 10.9. The van der Waals surface area contributed by atoms with Crippen LogP contribution in [0.2, 0.25) is 0 Å². The van der Waals surface area contributed by atoms with Gasteiger partial charge in [-0.2, -0.15) is 5.10 Å². The molecule has 20 heavy (non-hydrogen) atoms. The number of hydrogen-bond acceptors (Lipinski definition) is 5. The Balaban J connectivity index is 2.12. The Kier molecular flexibility index (Phi) is 4.93. The minimum absolute atomic E-state index is 0.157. The van der Waals surface area contributed by atoms with Crippen molar-refractivity contribution < 1.29 is 0 Å². The van der Waals surface area contributed by atoms with E-state index in [4.69, 9.17) is 6.42 Å². The summed E-state index contributed by atoms with van der Waals surface area (Å²) in [7, 11) is 0. The number of terminal acetylenes is 1. The third-order valence-corrected chi connectivity index (χ3v) is 4.51. The smallest absolute Gasteiger partial charge is 0.284 e. The summed E-state index contributed by atoms with van der Waals surface area (Å²) in [5, 5.41) is 8.14. The summed E-state index contributed by atoms with van der Waals surface area (Å²) >= 11 is 4.93. The molecule has 0 unspecified atom stereocenters. The fraction of sp³-hybridized carbons (Fsp3) is 0.308. The van der Waals surface area contributed by atoms with E-state index in [-0.39, 0.29) is 12.1 Å². The lowest BCUT2D eigenvalue weighted by atomic mass is 10.4. The Morgan fingerprint density at radius 1 is 1.55 bits per heavy atom. The van der Waals surface area contributed by atoms with Gasteiger partial charge in [0, 0.05) is 11.1 Å². The second-order valence-electron chi connectivity index (χ2n) is 3.97. The summed E-state index contributed by atoms with van der Waals surface area (Å²) in [5.41, 5.74) is 0.387. The Hall–Kier alpha value is -1.65. The molecule has 0 saturated heterocycles. The summed E-state index contributed by atoms with van der Waals surface area (Å²) < 4.78 is 1.66. The molecule has 7 heteroatoms. The third kappa shape index (κ3) is 3.26. The van der Waals surface area contributed by atoms with Crippen molar-refractivity contribution in [2.24, 2.45) is 0 Å². The molecule has 2 aromatic rings. The molecule has 2 aromatic heterocycles. The summed E-state index contributed by atoms with van der Waals surface area (Å²) in [6, 6.07) is 0. The standard InChI is InChI=1S/C13H13BrN4OS/c1-3-5-18-13(19)12(14)10(7-17-18)15-8-11-16-6-9(4-2)20-11/h1,6-7,15H,4-5,8H2,2H3. The highest BCUT2D eigenvalue weighted by atomic mass is 79.9. The van der Waals surface area contributed by atoms with Crippen molar-refractivity contribution in [1.82, 2.24) is 14.8 Å². The van der Waals surface area contributed by atoms with Crippen LogP contribution in [-0.4, -0.2) is 14.8 Å². The highest BCUT2D eigenvalue weighted by Gasteiger charge is 2.09. The van der Waals surface area contributed by atoms with E-state index >= 15 is 0 Å². The SMILES string of the molecule is C#CCn1ncc(NCc2ncc(CC)s2)c(Br)c1=O. The van der Waals surface area contributed by atoms with Crippen LogP contribution in [0.3, 0.4) is 0 Å². The Morgan fingerprint density at radius 3 is 3.00 bits per heavy atom. The van der Waals surface area contributed by atoms with Gasteiger partial charge in [0.1, 0.15) is 16.0 Å². The van der Waals surface area contributed by atoms with Crippen molar-refractivity contribution in [1.29, 1.82) is 0 Å². The normalized spacial score (nSPS) is 10.2. The third-order valence-electron chi connectivity index (χ3n) is 2.61. The van der Waals surface area contributed by atoms with Crippen molar-refractivity contribution in [3.8, 4) is 12.3 Å². The average molecular weight is 353 g/mol. The van der Waals surface area contributed by atoms with Crippen LogP contribution in [0.5, 0.6) is 0 Å². The van der Waals surface area contributed by atoms with E-state index in [9.17, 15) is 4.79 Å². The summed E-state index contributed by atoms with van der Waals surface area (Å²) in [6.45, 7) is 2.81. The molecule has 2 rings (SSSR count). The lowest BCUT2D eigenvalue weighted by molar-refractivity contribution is 0.659. The number of anilines is 1. The lowest BCUT2D eigenvalue weighted by Crippen LogP contribution is -2.24. The van der Waals surface area contributed by atoms with E-state index in [1.807, 2.05) is 6.20 Å². The van der Waals surface area contributed by atoms with Gasteiger partial charge in [-0.15, -0.1) is 17.8 Å². The van der Waals surface area contributed by atoms with Gasteiger partial charge in [0.25, 0.3) is 5.56 Å². The Morgan fingerprint density at radius 2 is 2.35 bits per heavy atom. The van der Waals surface area contributed by atoms with Crippen molar-refractivity contribution in [3.63, 3.8) is 0 Å². The van der Waals surface area contributed by atoms with Crippen LogP contribution in [0.25, 0.3) is 0 Å². The fourth-order valence-corrected chi connectivity index (χ4v) is 2.80. The molecule has 1 N–H and O–H groups in total. The number of hydrogen-bond donors (Lipinski definition) is 1. The summed E-state index contributed by atoms with van der Waals surface area (Å²) in [5.74, 6) is 2.39. The molecule has 0 aromatic carbocycles. The molecule has 0 aliphatic rings. The number of aromatic nitrogens is 3. The van der Waals surface area contributed by atoms with Gasteiger partial charge in [-0.25, -0.2) is 9.67 Å². The molecule has 0 amide bonds. The van der Waals surface area contributed by atoms with E-state index in [2.05, 4.69) is 44.2 Å². The van der Waals surface area contributed by atoms with E-state index < -0.39 is 0 Å². The Labute approximate surface area is 129 Å². The van der Waals surface area contributed by atoms with E-state index in [0.717, 1.165) is 11.4 Å². The molecule has 0 aliphatic carbocycles. The van der Waals surface area contributed by atoms with Crippen LogP contribution in [0.1, 0.15) is 16.8 Å². The molecule has 104 valence electrons. The second kappa shape index (κ2) is 6.68. The quantitative estimate of drug-likeness (QED) is 0.838. The zero-order valence-corrected chi connectivity index (χ0v) is 13.3. The predicted octanol–water partition coefficient (Wildman–Crippen LogP) is 2.27. The lowest BCUT2D eigenvalue weighted by Gasteiger charge is -2.07. The van der Waals surface area contributed by atoms with Gasteiger partial charge in [-0.05, 0) is 22.4 Å². The maximum atomic E-state index is 11.9. The topological polar surface area (TPSA) is 59.8 Å². The first-order valence-corrected chi connectivity index (χ1v) is 7.63. The van der Waals surface area contributed by atoms with Gasteiger partial charge in [0.15, 0.2) is 0 Å². The van der Waals surface area contributed by atoms with Crippen LogP contribution >= 0.6 is 27.3 Å². The second-order valence-corrected chi connectivity index (χ2v) is 5.96. The first-order chi connectivity index (χ1) is 9.65. The summed E-state index contributed by atoms with van der Waals surface area (Å²) in [4.78, 5) is 17.5. The van der Waals surface area contributed by atoms with Crippen molar-refractivity contribution in [2.45, 2.75) is 26.4 Å². The molecule has 0 saturated carbocycles. The van der Waals surface area contributed by atoms with E-state index in [1.54, 1.807) is 17.5 Å². The number of halogens is 1. The van der Waals surface area contributed by atoms with Crippen LogP contribution in [0.15, 0.2) is 21.7 Å². The molecular formula is C13H13BrN4OS. The summed E-state index contributed by atoms with van der Waals surface area (Å²) in [6.07, 6.45) is 9.61. The highest BCUT2D eigenvalue weighted by Crippen LogP contribution is 2.19. The number of aryl methyl sites for hydroxylation is 1. The molecule has 2 heterocycles. The first-order valence-electron chi connectivity index (χ1n) is 6.02. The fourth-order valence-electron chi connectivity index (χ4n) is 1.55. The van der Waals surface area contributed by atoms with E-state index in [0.29, 0.717) is 16.7 Å². The van der Waals surface area contributed by atoms with Gasteiger partial charge in [-0.1, -0.05) is 12.8 Å². The van der Waals surface area contributed by atoms with Crippen LogP contribution in [-0.2, 0) is 19.5 Å². The minimum atomic E-state index is -0.249. The van der Waals surface area contributed by atoms with Crippen molar-refractivity contribution in [3.05, 3.63) is 37.1 Å². The number of thiazole rings is 1. The number of nitrogens with zero attached hydrogens (tertiary/aromatic N) is 3. The molecule has 0 bridgehead atoms. The highest BCUT2D eigenvalue weighted by molar-refractivity contribution is 9.10. The molecule has 0 aliphatic heterocycles. The van der Waals surface area contributed by atoms with Gasteiger partial charge in [0.05, 0.1) is 18.4 Å². The predicted molar refractivity (Wildman–Crippen MR) is 83.8 cm³/mol. The molecular weight excluding hydrogens is 340 g/mol. The monoisotopic (exact) mass is 352 g/mol. The average Bonchev–Trinajstić information content (AvgIpc) is 2.91. The van der Waals surface area contributed by atoms with Crippen LogP contribution < -0.4 is 10.9 Å². The molecule has 5 nitrogen and oxygen atoms in total. The number of rotatable bonds is 5. The molecule has 0 radical (unpaired) electrons. The maximum absolute atomic E-state index is 11.9. The largest absolute Gasteiger partial charge is 0.376 e. The van der Waals surface area contributed by atoms with Crippen LogP contribution in [0.4, 0.5) is 5.69 Å².